The van der Waals surface area contributed by atoms with Crippen LogP contribution in [0, 0.1) is 0 Å². The Morgan fingerprint density at radius 3 is 2.36 bits per heavy atom. The number of amides is 1. The first-order valence-electron chi connectivity index (χ1n) is 4.40. The lowest BCUT2D eigenvalue weighted by molar-refractivity contribution is -0.117. The van der Waals surface area contributed by atoms with Crippen LogP contribution in [0.25, 0.3) is 0 Å². The number of carbonyl (C=O) groups is 1. The minimum Gasteiger partial charge on any atom is -0.392 e. The largest absolute Gasteiger partial charge is 0.392 e. The number of hydrogen-bond donors (Lipinski definition) is 3. The predicted molar refractivity (Wildman–Crippen MR) is 53.3 cm³/mol. The van der Waals surface area contributed by atoms with E-state index >= 15 is 0 Å². The number of nitrogens with one attached hydrogen (secondary N) is 1. The van der Waals surface area contributed by atoms with E-state index in [-0.39, 0.29) is 19.1 Å². The van der Waals surface area contributed by atoms with Gasteiger partial charge in [0, 0.05) is 6.54 Å². The average Bonchev–Trinajstić information content (AvgIpc) is 2.18. The van der Waals surface area contributed by atoms with Crippen LogP contribution in [0.15, 0.2) is 24.3 Å². The molecule has 1 aromatic carbocycles. The van der Waals surface area contributed by atoms with Gasteiger partial charge in [-0.15, -0.1) is 0 Å². The van der Waals surface area contributed by atoms with Gasteiger partial charge < -0.3 is 16.2 Å². The van der Waals surface area contributed by atoms with E-state index in [1.807, 2.05) is 24.3 Å². The van der Waals surface area contributed by atoms with E-state index in [1.54, 1.807) is 0 Å². The Hall–Kier alpha value is -1.39. The highest BCUT2D eigenvalue weighted by Gasteiger charge is 1.95. The first-order chi connectivity index (χ1) is 6.72. The van der Waals surface area contributed by atoms with Gasteiger partial charge in [0.05, 0.1) is 13.2 Å². The third-order valence-corrected chi connectivity index (χ3v) is 1.83. The Bertz CT molecular complexity index is 295. The molecule has 4 heteroatoms. The Morgan fingerprint density at radius 2 is 1.86 bits per heavy atom. The number of aliphatic hydroxyl groups excluding tert-OH is 1. The van der Waals surface area contributed by atoms with Crippen molar-refractivity contribution in [2.24, 2.45) is 5.73 Å². The van der Waals surface area contributed by atoms with Gasteiger partial charge in [0.1, 0.15) is 0 Å². The number of nitrogens with two attached hydrogens (primary N) is 1. The summed E-state index contributed by atoms with van der Waals surface area (Å²) in [5, 5.41) is 11.7. The average molecular weight is 194 g/mol. The Kier molecular flexibility index (Phi) is 4.10. The number of carbonyl (C=O) groups excluding carboxylic acids is 1. The molecule has 0 spiro atoms. The van der Waals surface area contributed by atoms with Crippen LogP contribution in [0.5, 0.6) is 0 Å². The number of rotatable bonds is 5. The summed E-state index contributed by atoms with van der Waals surface area (Å²) in [6.45, 7) is 0.839. The van der Waals surface area contributed by atoms with Crippen LogP contribution in [0.1, 0.15) is 11.1 Å². The maximum absolute atomic E-state index is 10.4. The molecular formula is C10H14N2O2. The minimum absolute atomic E-state index is 0.0506. The number of aliphatic hydroxyl groups is 1. The molecule has 0 aromatic heterocycles. The zero-order chi connectivity index (χ0) is 10.4. The minimum atomic E-state index is -0.364. The highest BCUT2D eigenvalue weighted by molar-refractivity contribution is 5.75. The lowest BCUT2D eigenvalue weighted by Crippen LogP contribution is -2.28. The zero-order valence-electron chi connectivity index (χ0n) is 7.86. The van der Waals surface area contributed by atoms with Crippen LogP contribution in [0.3, 0.4) is 0 Å². The van der Waals surface area contributed by atoms with E-state index in [1.165, 1.54) is 0 Å². The van der Waals surface area contributed by atoms with Gasteiger partial charge in [0.2, 0.25) is 5.91 Å². The van der Waals surface area contributed by atoms with Crippen molar-refractivity contribution in [2.45, 2.75) is 13.2 Å². The third kappa shape index (κ3) is 3.55. The van der Waals surface area contributed by atoms with Crippen molar-refractivity contribution in [1.82, 2.24) is 5.32 Å². The second-order valence-corrected chi connectivity index (χ2v) is 3.04. The first kappa shape index (κ1) is 10.7. The molecule has 76 valence electrons. The first-order valence-corrected chi connectivity index (χ1v) is 4.40. The molecule has 0 aliphatic carbocycles. The molecule has 0 atom stereocenters. The van der Waals surface area contributed by atoms with Gasteiger partial charge in [-0.2, -0.15) is 0 Å². The molecule has 0 fully saturated rings. The van der Waals surface area contributed by atoms with E-state index in [0.29, 0.717) is 6.54 Å². The molecule has 14 heavy (non-hydrogen) atoms. The molecule has 0 heterocycles. The second kappa shape index (κ2) is 5.36. The molecule has 1 rings (SSSR count). The maximum atomic E-state index is 10.4. The van der Waals surface area contributed by atoms with Crippen LogP contribution in [-0.2, 0) is 17.9 Å². The summed E-state index contributed by atoms with van der Waals surface area (Å²) in [6.07, 6.45) is 0. The standard InChI is InChI=1S/C10H14N2O2/c11-10(14)6-12-5-8-1-3-9(7-13)4-2-8/h1-4,12-13H,5-7H2,(H2,11,14). The van der Waals surface area contributed by atoms with E-state index in [2.05, 4.69) is 5.32 Å². The van der Waals surface area contributed by atoms with Crippen LogP contribution >= 0.6 is 0 Å². The van der Waals surface area contributed by atoms with E-state index in [4.69, 9.17) is 10.8 Å². The molecule has 0 aliphatic rings. The van der Waals surface area contributed by atoms with Gasteiger partial charge in [-0.3, -0.25) is 4.79 Å². The molecular weight excluding hydrogens is 180 g/mol. The van der Waals surface area contributed by atoms with E-state index in [9.17, 15) is 4.79 Å². The fraction of sp³-hybridized carbons (Fsp3) is 0.300. The third-order valence-electron chi connectivity index (χ3n) is 1.83. The monoisotopic (exact) mass is 194 g/mol. The van der Waals surface area contributed by atoms with Crippen molar-refractivity contribution in [2.75, 3.05) is 6.54 Å². The van der Waals surface area contributed by atoms with Gasteiger partial charge in [-0.05, 0) is 11.1 Å². The summed E-state index contributed by atoms with van der Waals surface area (Å²) in [7, 11) is 0. The summed E-state index contributed by atoms with van der Waals surface area (Å²) in [4.78, 5) is 10.4. The lowest BCUT2D eigenvalue weighted by Gasteiger charge is -2.03. The van der Waals surface area contributed by atoms with E-state index in [0.717, 1.165) is 11.1 Å². The summed E-state index contributed by atoms with van der Waals surface area (Å²) in [6, 6.07) is 7.50. The Morgan fingerprint density at radius 1 is 1.29 bits per heavy atom. The molecule has 0 unspecified atom stereocenters. The molecule has 4 N–H and O–H groups in total. The predicted octanol–water partition coefficient (Wildman–Crippen LogP) is -0.246. The fourth-order valence-electron chi connectivity index (χ4n) is 1.09. The highest BCUT2D eigenvalue weighted by Crippen LogP contribution is 2.03. The Labute approximate surface area is 82.7 Å². The molecule has 4 nitrogen and oxygen atoms in total. The van der Waals surface area contributed by atoms with Crippen molar-refractivity contribution >= 4 is 5.91 Å². The quantitative estimate of drug-likeness (QED) is 0.605. The smallest absolute Gasteiger partial charge is 0.231 e. The van der Waals surface area contributed by atoms with Crippen molar-refractivity contribution in [3.05, 3.63) is 35.4 Å². The van der Waals surface area contributed by atoms with Crippen molar-refractivity contribution in [1.29, 1.82) is 0 Å². The summed E-state index contributed by atoms with van der Waals surface area (Å²) < 4.78 is 0. The topological polar surface area (TPSA) is 75.4 Å². The molecule has 1 aromatic rings. The van der Waals surface area contributed by atoms with Crippen LogP contribution in [0.2, 0.25) is 0 Å². The summed E-state index contributed by atoms with van der Waals surface area (Å²) in [5.74, 6) is -0.364. The van der Waals surface area contributed by atoms with Gasteiger partial charge in [-0.1, -0.05) is 24.3 Å². The van der Waals surface area contributed by atoms with E-state index < -0.39 is 0 Å². The van der Waals surface area contributed by atoms with Crippen LogP contribution in [0.4, 0.5) is 0 Å². The molecule has 1 amide bonds. The highest BCUT2D eigenvalue weighted by atomic mass is 16.3. The summed E-state index contributed by atoms with van der Waals surface area (Å²) >= 11 is 0. The number of benzene rings is 1. The van der Waals surface area contributed by atoms with Gasteiger partial charge in [0.15, 0.2) is 0 Å². The molecule has 0 bridgehead atoms. The van der Waals surface area contributed by atoms with Crippen LogP contribution in [-0.4, -0.2) is 17.6 Å². The Balaban J connectivity index is 2.40. The molecule has 0 aliphatic heterocycles. The second-order valence-electron chi connectivity index (χ2n) is 3.04. The molecule has 0 radical (unpaired) electrons. The fourth-order valence-corrected chi connectivity index (χ4v) is 1.09. The normalized spacial score (nSPS) is 10.1. The maximum Gasteiger partial charge on any atom is 0.231 e. The SMILES string of the molecule is NC(=O)CNCc1ccc(CO)cc1. The van der Waals surface area contributed by atoms with Crippen LogP contribution < -0.4 is 11.1 Å². The molecule has 0 saturated carbocycles. The van der Waals surface area contributed by atoms with Crippen molar-refractivity contribution < 1.29 is 9.90 Å². The molecule has 0 saturated heterocycles. The summed E-state index contributed by atoms with van der Waals surface area (Å²) in [5.41, 5.74) is 6.90. The number of primary amides is 1. The van der Waals surface area contributed by atoms with Gasteiger partial charge >= 0.3 is 0 Å². The zero-order valence-corrected chi connectivity index (χ0v) is 7.86. The number of hydrogen-bond acceptors (Lipinski definition) is 3. The lowest BCUT2D eigenvalue weighted by atomic mass is 10.1. The van der Waals surface area contributed by atoms with Gasteiger partial charge in [-0.25, -0.2) is 0 Å². The van der Waals surface area contributed by atoms with Gasteiger partial charge in [0.25, 0.3) is 0 Å². The van der Waals surface area contributed by atoms with Crippen molar-refractivity contribution in [3.63, 3.8) is 0 Å². The van der Waals surface area contributed by atoms with Crippen molar-refractivity contribution in [3.8, 4) is 0 Å².